The van der Waals surface area contributed by atoms with Gasteiger partial charge in [0.2, 0.25) is 0 Å². The van der Waals surface area contributed by atoms with Crippen molar-refractivity contribution in [3.8, 4) is 56.3 Å². The number of para-hydroxylation sites is 1. The van der Waals surface area contributed by atoms with E-state index in [9.17, 15) is 0 Å². The van der Waals surface area contributed by atoms with Gasteiger partial charge in [-0.05, 0) is 40.6 Å². The van der Waals surface area contributed by atoms with Gasteiger partial charge in [0.1, 0.15) is 11.2 Å². The van der Waals surface area contributed by atoms with Crippen LogP contribution in [0.5, 0.6) is 0 Å². The number of pyridine rings is 2. The third-order valence-corrected chi connectivity index (χ3v) is 9.60. The van der Waals surface area contributed by atoms with Gasteiger partial charge in [-0.3, -0.25) is 4.40 Å². The maximum absolute atomic E-state index is 5.33. The van der Waals surface area contributed by atoms with Crippen molar-refractivity contribution in [3.05, 3.63) is 176 Å². The summed E-state index contributed by atoms with van der Waals surface area (Å²) < 4.78 is 2.14. The summed E-state index contributed by atoms with van der Waals surface area (Å²) in [7, 11) is 0. The summed E-state index contributed by atoms with van der Waals surface area (Å²) in [5.74, 6) is 0.689. The lowest BCUT2D eigenvalue weighted by atomic mass is 9.93. The molecule has 0 spiro atoms. The van der Waals surface area contributed by atoms with E-state index in [-0.39, 0.29) is 0 Å². The molecule has 0 aliphatic rings. The highest BCUT2D eigenvalue weighted by atomic mass is 15.0. The van der Waals surface area contributed by atoms with Crippen LogP contribution >= 0.6 is 0 Å². The zero-order chi connectivity index (χ0) is 33.7. The molecule has 10 rings (SSSR count). The second kappa shape index (κ2) is 11.9. The molecule has 0 amide bonds. The standard InChI is InChI=1S/C46H29N5/c1-3-14-32(15-4-1)41-40(42(33-16-5-2-6-17-33)50-46(49-41)36-27-22-30-13-7-8-18-35(30)29-36)31-23-25-34(26-24-31)43-45-44(37-19-9-10-20-38(37)47-43)48-39-21-11-12-28-51(39)45/h1-29H. The van der Waals surface area contributed by atoms with E-state index in [1.54, 1.807) is 0 Å². The Morgan fingerprint density at radius 2 is 0.980 bits per heavy atom. The summed E-state index contributed by atoms with van der Waals surface area (Å²) in [6, 6.07) is 58.7. The molecule has 4 heterocycles. The number of benzene rings is 6. The second-order valence-electron chi connectivity index (χ2n) is 12.7. The van der Waals surface area contributed by atoms with E-state index in [0.29, 0.717) is 5.82 Å². The number of rotatable bonds is 5. The van der Waals surface area contributed by atoms with Gasteiger partial charge in [-0.25, -0.2) is 19.9 Å². The highest BCUT2D eigenvalue weighted by Crippen LogP contribution is 2.41. The molecule has 0 radical (unpaired) electrons. The van der Waals surface area contributed by atoms with Crippen LogP contribution < -0.4 is 0 Å². The maximum atomic E-state index is 5.33. The smallest absolute Gasteiger partial charge is 0.160 e. The van der Waals surface area contributed by atoms with Gasteiger partial charge in [-0.15, -0.1) is 0 Å². The van der Waals surface area contributed by atoms with Crippen molar-refractivity contribution in [3.63, 3.8) is 0 Å². The molecule has 0 unspecified atom stereocenters. The highest BCUT2D eigenvalue weighted by molar-refractivity contribution is 6.09. The SMILES string of the molecule is c1ccc(-c2nc(-c3ccc4ccccc4c3)nc(-c3ccccc3)c2-c2ccc(-c3nc4ccccc4c4nc5ccccn5c34)cc2)cc1. The molecule has 5 heteroatoms. The molecular formula is C46H29N5. The minimum Gasteiger partial charge on any atom is -0.298 e. The Morgan fingerprint density at radius 3 is 1.73 bits per heavy atom. The molecule has 5 nitrogen and oxygen atoms in total. The molecule has 4 aromatic heterocycles. The topological polar surface area (TPSA) is 56.0 Å². The summed E-state index contributed by atoms with van der Waals surface area (Å²) in [6.45, 7) is 0. The van der Waals surface area contributed by atoms with Crippen LogP contribution in [0.1, 0.15) is 0 Å². The molecule has 0 atom stereocenters. The zero-order valence-electron chi connectivity index (χ0n) is 27.5. The molecule has 0 saturated heterocycles. The molecule has 0 bridgehead atoms. The van der Waals surface area contributed by atoms with E-state index in [4.69, 9.17) is 19.9 Å². The first-order valence-corrected chi connectivity index (χ1v) is 17.1. The molecular weight excluding hydrogens is 623 g/mol. The van der Waals surface area contributed by atoms with Crippen molar-refractivity contribution in [2.75, 3.05) is 0 Å². The minimum atomic E-state index is 0.689. The quantitative estimate of drug-likeness (QED) is 0.186. The number of nitrogens with zero attached hydrogens (tertiary/aromatic N) is 5. The third kappa shape index (κ3) is 4.94. The normalized spacial score (nSPS) is 11.5. The minimum absolute atomic E-state index is 0.689. The average molecular weight is 652 g/mol. The van der Waals surface area contributed by atoms with E-state index >= 15 is 0 Å². The predicted octanol–water partition coefficient (Wildman–Crippen LogP) is 11.3. The van der Waals surface area contributed by atoms with Crippen molar-refractivity contribution in [2.24, 2.45) is 0 Å². The van der Waals surface area contributed by atoms with Gasteiger partial charge in [0.25, 0.3) is 0 Å². The molecule has 10 aromatic rings. The number of fused-ring (bicyclic) bond motifs is 6. The summed E-state index contributed by atoms with van der Waals surface area (Å²) in [4.78, 5) is 20.9. The van der Waals surface area contributed by atoms with Crippen LogP contribution in [-0.4, -0.2) is 24.3 Å². The van der Waals surface area contributed by atoms with Crippen molar-refractivity contribution >= 4 is 38.4 Å². The van der Waals surface area contributed by atoms with Crippen LogP contribution in [0.4, 0.5) is 0 Å². The van der Waals surface area contributed by atoms with E-state index in [0.717, 1.165) is 83.4 Å². The van der Waals surface area contributed by atoms with Crippen molar-refractivity contribution in [1.29, 1.82) is 0 Å². The first kappa shape index (κ1) is 29.0. The molecule has 0 aliphatic heterocycles. The van der Waals surface area contributed by atoms with E-state index in [1.807, 2.05) is 42.5 Å². The number of hydrogen-bond donors (Lipinski definition) is 0. The van der Waals surface area contributed by atoms with Crippen molar-refractivity contribution in [1.82, 2.24) is 24.3 Å². The summed E-state index contributed by atoms with van der Waals surface area (Å²) in [6.07, 6.45) is 2.06. The monoisotopic (exact) mass is 651 g/mol. The predicted molar refractivity (Wildman–Crippen MR) is 208 cm³/mol. The fourth-order valence-electron chi connectivity index (χ4n) is 7.15. The fourth-order valence-corrected chi connectivity index (χ4v) is 7.15. The first-order chi connectivity index (χ1) is 25.3. The Morgan fingerprint density at radius 1 is 0.392 bits per heavy atom. The Balaban J connectivity index is 1.20. The molecule has 238 valence electrons. The Hall–Kier alpha value is -6.98. The third-order valence-electron chi connectivity index (χ3n) is 9.60. The van der Waals surface area contributed by atoms with Crippen LogP contribution in [0, 0.1) is 0 Å². The van der Waals surface area contributed by atoms with Gasteiger partial charge in [0.05, 0.1) is 28.1 Å². The Kier molecular flexibility index (Phi) is 6.74. The summed E-state index contributed by atoms with van der Waals surface area (Å²) >= 11 is 0. The largest absolute Gasteiger partial charge is 0.298 e. The van der Waals surface area contributed by atoms with Gasteiger partial charge in [-0.2, -0.15) is 0 Å². The molecule has 0 N–H and O–H groups in total. The Bertz CT molecular complexity index is 2830. The van der Waals surface area contributed by atoms with Crippen LogP contribution in [0.3, 0.4) is 0 Å². The van der Waals surface area contributed by atoms with E-state index in [1.165, 1.54) is 5.39 Å². The van der Waals surface area contributed by atoms with Gasteiger partial charge in [0.15, 0.2) is 5.82 Å². The second-order valence-corrected chi connectivity index (χ2v) is 12.7. The Labute approximate surface area is 294 Å². The molecule has 0 fully saturated rings. The van der Waals surface area contributed by atoms with Crippen molar-refractivity contribution in [2.45, 2.75) is 0 Å². The molecule has 0 saturated carbocycles. The maximum Gasteiger partial charge on any atom is 0.160 e. The van der Waals surface area contributed by atoms with Gasteiger partial charge in [0, 0.05) is 39.4 Å². The van der Waals surface area contributed by atoms with E-state index in [2.05, 4.69) is 138 Å². The lowest BCUT2D eigenvalue weighted by Gasteiger charge is -2.17. The lowest BCUT2D eigenvalue weighted by Crippen LogP contribution is -2.01. The van der Waals surface area contributed by atoms with Gasteiger partial charge >= 0.3 is 0 Å². The fraction of sp³-hybridized carbons (Fsp3) is 0. The number of imidazole rings is 1. The molecule has 51 heavy (non-hydrogen) atoms. The van der Waals surface area contributed by atoms with Crippen LogP contribution in [-0.2, 0) is 0 Å². The van der Waals surface area contributed by atoms with Crippen molar-refractivity contribution < 1.29 is 0 Å². The van der Waals surface area contributed by atoms with Crippen LogP contribution in [0.25, 0.3) is 94.6 Å². The lowest BCUT2D eigenvalue weighted by molar-refractivity contribution is 1.19. The van der Waals surface area contributed by atoms with E-state index < -0.39 is 0 Å². The van der Waals surface area contributed by atoms with Crippen LogP contribution in [0.15, 0.2) is 176 Å². The average Bonchev–Trinajstić information content (AvgIpc) is 3.61. The number of aromatic nitrogens is 5. The summed E-state index contributed by atoms with van der Waals surface area (Å²) in [5, 5.41) is 3.38. The molecule has 0 aliphatic carbocycles. The highest BCUT2D eigenvalue weighted by Gasteiger charge is 2.21. The van der Waals surface area contributed by atoms with Crippen LogP contribution in [0.2, 0.25) is 0 Å². The zero-order valence-corrected chi connectivity index (χ0v) is 27.5. The first-order valence-electron chi connectivity index (χ1n) is 17.1. The summed E-state index contributed by atoms with van der Waals surface area (Å²) in [5.41, 5.74) is 12.5. The number of hydrogen-bond acceptors (Lipinski definition) is 4. The molecule has 6 aromatic carbocycles. The van der Waals surface area contributed by atoms with Gasteiger partial charge < -0.3 is 0 Å². The van der Waals surface area contributed by atoms with Gasteiger partial charge in [-0.1, -0.05) is 146 Å².